The molecule has 0 amide bonds. The van der Waals surface area contributed by atoms with Crippen LogP contribution in [0.5, 0.6) is 0 Å². The van der Waals surface area contributed by atoms with Gasteiger partial charge in [0.2, 0.25) is 0 Å². The zero-order valence-corrected chi connectivity index (χ0v) is 7.51. The lowest BCUT2D eigenvalue weighted by atomic mass is 10.2. The molecule has 0 atom stereocenters. The Morgan fingerprint density at radius 2 is 1.86 bits per heavy atom. The maximum atomic E-state index is 5.35. The van der Waals surface area contributed by atoms with Crippen LogP contribution in [0.4, 0.5) is 5.82 Å². The number of anilines is 1. The summed E-state index contributed by atoms with van der Waals surface area (Å²) >= 11 is 0. The molecule has 2 rings (SSSR count). The van der Waals surface area contributed by atoms with Crippen LogP contribution in [0.3, 0.4) is 0 Å². The second-order valence-corrected chi connectivity index (χ2v) is 2.76. The second kappa shape index (κ2) is 3.85. The third-order valence-electron chi connectivity index (χ3n) is 1.89. The zero-order chi connectivity index (χ0) is 9.80. The largest absolute Gasteiger partial charge is 0.308 e. The normalized spacial score (nSPS) is 9.79. The Balaban J connectivity index is 2.51. The molecule has 4 heteroatoms. The lowest BCUT2D eigenvalue weighted by Crippen LogP contribution is -2.09. The van der Waals surface area contributed by atoms with E-state index in [0.29, 0.717) is 5.82 Å². The van der Waals surface area contributed by atoms with Crippen molar-refractivity contribution < 1.29 is 0 Å². The average molecular weight is 186 g/mol. The van der Waals surface area contributed by atoms with Gasteiger partial charge in [-0.25, -0.2) is 10.8 Å². The van der Waals surface area contributed by atoms with E-state index in [0.717, 1.165) is 11.3 Å². The molecular weight excluding hydrogens is 176 g/mol. The fourth-order valence-electron chi connectivity index (χ4n) is 1.25. The third kappa shape index (κ3) is 1.55. The van der Waals surface area contributed by atoms with Gasteiger partial charge in [0.05, 0.1) is 5.69 Å². The summed E-state index contributed by atoms with van der Waals surface area (Å²) in [6.45, 7) is 0. The lowest BCUT2D eigenvalue weighted by Gasteiger charge is -2.05. The van der Waals surface area contributed by atoms with Crippen LogP contribution < -0.4 is 11.3 Å². The molecule has 0 aliphatic heterocycles. The third-order valence-corrected chi connectivity index (χ3v) is 1.89. The number of rotatable bonds is 2. The van der Waals surface area contributed by atoms with E-state index in [1.54, 1.807) is 12.4 Å². The minimum absolute atomic E-state index is 0.631. The van der Waals surface area contributed by atoms with Gasteiger partial charge in [0.15, 0.2) is 0 Å². The fraction of sp³-hybridized carbons (Fsp3) is 0. The highest BCUT2D eigenvalue weighted by Crippen LogP contribution is 2.22. The van der Waals surface area contributed by atoms with Gasteiger partial charge < -0.3 is 5.43 Å². The summed E-state index contributed by atoms with van der Waals surface area (Å²) in [7, 11) is 0. The predicted molar refractivity (Wildman–Crippen MR) is 55.3 cm³/mol. The number of nitrogen functional groups attached to an aromatic ring is 1. The molecule has 4 nitrogen and oxygen atoms in total. The molecule has 2 aromatic rings. The SMILES string of the molecule is NNc1ncccc1-c1ccccn1. The van der Waals surface area contributed by atoms with Crippen LogP contribution in [-0.2, 0) is 0 Å². The Kier molecular flexibility index (Phi) is 2.38. The number of hydrazine groups is 1. The highest BCUT2D eigenvalue weighted by Gasteiger charge is 2.04. The van der Waals surface area contributed by atoms with Crippen molar-refractivity contribution in [3.63, 3.8) is 0 Å². The number of aromatic nitrogens is 2. The Morgan fingerprint density at radius 1 is 1.00 bits per heavy atom. The standard InChI is InChI=1S/C10H10N4/c11-14-10-8(4-3-7-13-10)9-5-1-2-6-12-9/h1-7H,11H2,(H,13,14). The van der Waals surface area contributed by atoms with Crippen LogP contribution in [0.25, 0.3) is 11.3 Å². The molecular formula is C10H10N4. The molecule has 0 aromatic carbocycles. The number of hydrogen-bond acceptors (Lipinski definition) is 4. The van der Waals surface area contributed by atoms with Crippen molar-refractivity contribution in [1.29, 1.82) is 0 Å². The molecule has 0 spiro atoms. The van der Waals surface area contributed by atoms with Gasteiger partial charge in [0.1, 0.15) is 5.82 Å². The number of nitrogens with zero attached hydrogens (tertiary/aromatic N) is 2. The van der Waals surface area contributed by atoms with Crippen LogP contribution in [0.2, 0.25) is 0 Å². The molecule has 14 heavy (non-hydrogen) atoms. The molecule has 2 aromatic heterocycles. The van der Waals surface area contributed by atoms with Gasteiger partial charge in [0.25, 0.3) is 0 Å². The molecule has 0 radical (unpaired) electrons. The number of pyridine rings is 2. The van der Waals surface area contributed by atoms with Crippen molar-refractivity contribution in [3.05, 3.63) is 42.7 Å². The van der Waals surface area contributed by atoms with Crippen LogP contribution in [0.15, 0.2) is 42.7 Å². The summed E-state index contributed by atoms with van der Waals surface area (Å²) in [4.78, 5) is 8.32. The summed E-state index contributed by atoms with van der Waals surface area (Å²) in [5.74, 6) is 5.98. The minimum Gasteiger partial charge on any atom is -0.308 e. The highest BCUT2D eigenvalue weighted by molar-refractivity contribution is 5.71. The van der Waals surface area contributed by atoms with Crippen LogP contribution in [-0.4, -0.2) is 9.97 Å². The highest BCUT2D eigenvalue weighted by atomic mass is 15.2. The lowest BCUT2D eigenvalue weighted by molar-refractivity contribution is 1.21. The van der Waals surface area contributed by atoms with E-state index < -0.39 is 0 Å². The van der Waals surface area contributed by atoms with Gasteiger partial charge in [0, 0.05) is 18.0 Å². The first-order chi connectivity index (χ1) is 6.92. The molecule has 0 saturated carbocycles. The van der Waals surface area contributed by atoms with Gasteiger partial charge >= 0.3 is 0 Å². The first kappa shape index (κ1) is 8.65. The smallest absolute Gasteiger partial charge is 0.149 e. The Bertz CT molecular complexity index is 413. The second-order valence-electron chi connectivity index (χ2n) is 2.76. The topological polar surface area (TPSA) is 63.8 Å². The molecule has 0 aliphatic rings. The summed E-state index contributed by atoms with van der Waals surface area (Å²) in [5.41, 5.74) is 4.30. The van der Waals surface area contributed by atoms with Crippen LogP contribution in [0, 0.1) is 0 Å². The molecule has 0 aliphatic carbocycles. The van der Waals surface area contributed by atoms with E-state index in [4.69, 9.17) is 5.84 Å². The number of nitrogens with one attached hydrogen (secondary N) is 1. The van der Waals surface area contributed by atoms with Crippen LogP contribution in [0.1, 0.15) is 0 Å². The molecule has 0 unspecified atom stereocenters. The Hall–Kier alpha value is -1.94. The molecule has 3 N–H and O–H groups in total. The van der Waals surface area contributed by atoms with Gasteiger partial charge in [-0.05, 0) is 24.3 Å². The summed E-state index contributed by atoms with van der Waals surface area (Å²) in [6, 6.07) is 9.48. The summed E-state index contributed by atoms with van der Waals surface area (Å²) < 4.78 is 0. The summed E-state index contributed by atoms with van der Waals surface area (Å²) in [5, 5.41) is 0. The monoisotopic (exact) mass is 186 g/mol. The van der Waals surface area contributed by atoms with E-state index in [1.165, 1.54) is 0 Å². The van der Waals surface area contributed by atoms with Gasteiger partial charge in [-0.1, -0.05) is 6.07 Å². The molecule has 70 valence electrons. The van der Waals surface area contributed by atoms with Gasteiger partial charge in [-0.3, -0.25) is 4.98 Å². The number of nitrogens with two attached hydrogens (primary N) is 1. The van der Waals surface area contributed by atoms with E-state index >= 15 is 0 Å². The number of hydrogen-bond donors (Lipinski definition) is 2. The Morgan fingerprint density at radius 3 is 2.57 bits per heavy atom. The van der Waals surface area contributed by atoms with Crippen molar-refractivity contribution >= 4 is 5.82 Å². The van der Waals surface area contributed by atoms with Crippen molar-refractivity contribution in [1.82, 2.24) is 9.97 Å². The van der Waals surface area contributed by atoms with Crippen molar-refractivity contribution in [3.8, 4) is 11.3 Å². The fourth-order valence-corrected chi connectivity index (χ4v) is 1.25. The van der Waals surface area contributed by atoms with E-state index in [-0.39, 0.29) is 0 Å². The van der Waals surface area contributed by atoms with E-state index in [1.807, 2.05) is 30.3 Å². The van der Waals surface area contributed by atoms with Crippen molar-refractivity contribution in [2.45, 2.75) is 0 Å². The molecule has 0 saturated heterocycles. The van der Waals surface area contributed by atoms with Crippen molar-refractivity contribution in [2.75, 3.05) is 5.43 Å². The maximum Gasteiger partial charge on any atom is 0.149 e. The van der Waals surface area contributed by atoms with E-state index in [2.05, 4.69) is 15.4 Å². The van der Waals surface area contributed by atoms with Crippen LogP contribution >= 0.6 is 0 Å². The quantitative estimate of drug-likeness (QED) is 0.550. The predicted octanol–water partition coefficient (Wildman–Crippen LogP) is 1.43. The first-order valence-electron chi connectivity index (χ1n) is 4.25. The Labute approximate surface area is 81.8 Å². The summed E-state index contributed by atoms with van der Waals surface area (Å²) in [6.07, 6.45) is 3.42. The maximum absolute atomic E-state index is 5.35. The molecule has 0 bridgehead atoms. The molecule has 0 fully saturated rings. The molecule has 2 heterocycles. The first-order valence-corrected chi connectivity index (χ1v) is 4.25. The minimum atomic E-state index is 0.631. The van der Waals surface area contributed by atoms with Gasteiger partial charge in [-0.15, -0.1) is 0 Å². The van der Waals surface area contributed by atoms with Crippen molar-refractivity contribution in [2.24, 2.45) is 5.84 Å². The average Bonchev–Trinajstić information content (AvgIpc) is 2.30. The zero-order valence-electron chi connectivity index (χ0n) is 7.51. The van der Waals surface area contributed by atoms with E-state index in [9.17, 15) is 0 Å². The van der Waals surface area contributed by atoms with Gasteiger partial charge in [-0.2, -0.15) is 0 Å².